The van der Waals surface area contributed by atoms with Crippen molar-refractivity contribution in [2.45, 2.75) is 52.0 Å². The average Bonchev–Trinajstić information content (AvgIpc) is 2.45. The summed E-state index contributed by atoms with van der Waals surface area (Å²) in [5.74, 6) is 6.20. The number of guanidine groups is 1. The molecule has 0 amide bonds. The Labute approximate surface area is 122 Å². The number of nitrogens with zero attached hydrogens (tertiary/aromatic N) is 1. The summed E-state index contributed by atoms with van der Waals surface area (Å²) in [7, 11) is 0. The van der Waals surface area contributed by atoms with Crippen molar-refractivity contribution in [1.29, 1.82) is 0 Å². The fourth-order valence-corrected chi connectivity index (χ4v) is 1.95. The first kappa shape index (κ1) is 16.5. The zero-order valence-corrected chi connectivity index (χ0v) is 12.9. The average molecular weight is 276 g/mol. The molecule has 0 saturated heterocycles. The van der Waals surface area contributed by atoms with Gasteiger partial charge in [-0.25, -0.2) is 5.84 Å². The van der Waals surface area contributed by atoms with E-state index in [1.165, 1.54) is 5.56 Å². The SMILES string of the molecule is CCCCN=C(NN)NC(C)(C)CCc1ccccc1. The number of unbranched alkanes of at least 4 members (excludes halogenated alkanes) is 1. The van der Waals surface area contributed by atoms with Crippen molar-refractivity contribution in [3.05, 3.63) is 35.9 Å². The van der Waals surface area contributed by atoms with E-state index in [-0.39, 0.29) is 5.54 Å². The molecule has 0 saturated carbocycles. The van der Waals surface area contributed by atoms with Crippen molar-refractivity contribution < 1.29 is 0 Å². The van der Waals surface area contributed by atoms with Crippen LogP contribution in [0.15, 0.2) is 35.3 Å². The van der Waals surface area contributed by atoms with Crippen molar-refractivity contribution in [2.24, 2.45) is 10.8 Å². The summed E-state index contributed by atoms with van der Waals surface area (Å²) in [6.45, 7) is 7.30. The minimum absolute atomic E-state index is 0.0484. The van der Waals surface area contributed by atoms with Crippen LogP contribution in [-0.4, -0.2) is 18.0 Å². The lowest BCUT2D eigenvalue weighted by molar-refractivity contribution is 0.419. The summed E-state index contributed by atoms with van der Waals surface area (Å²) >= 11 is 0. The van der Waals surface area contributed by atoms with Crippen LogP contribution in [0, 0.1) is 0 Å². The van der Waals surface area contributed by atoms with E-state index in [2.05, 4.69) is 60.8 Å². The van der Waals surface area contributed by atoms with Crippen LogP contribution in [0.3, 0.4) is 0 Å². The zero-order chi connectivity index (χ0) is 14.8. The molecular formula is C16H28N4. The molecule has 0 aliphatic carbocycles. The highest BCUT2D eigenvalue weighted by molar-refractivity contribution is 5.79. The van der Waals surface area contributed by atoms with Gasteiger partial charge in [-0.15, -0.1) is 0 Å². The molecule has 0 radical (unpaired) electrons. The predicted octanol–water partition coefficient (Wildman–Crippen LogP) is 2.61. The molecule has 0 aliphatic rings. The molecule has 1 aromatic rings. The molecule has 20 heavy (non-hydrogen) atoms. The largest absolute Gasteiger partial charge is 0.350 e. The number of hydrazine groups is 1. The lowest BCUT2D eigenvalue weighted by Crippen LogP contribution is -2.51. The highest BCUT2D eigenvalue weighted by Crippen LogP contribution is 2.13. The molecule has 4 nitrogen and oxygen atoms in total. The normalized spacial score (nSPS) is 12.3. The van der Waals surface area contributed by atoms with Crippen molar-refractivity contribution in [3.63, 3.8) is 0 Å². The molecule has 0 atom stereocenters. The first-order valence-electron chi connectivity index (χ1n) is 7.40. The highest BCUT2D eigenvalue weighted by Gasteiger charge is 2.18. The van der Waals surface area contributed by atoms with E-state index in [0.29, 0.717) is 5.96 Å². The summed E-state index contributed by atoms with van der Waals surface area (Å²) in [6, 6.07) is 10.5. The molecule has 4 N–H and O–H groups in total. The second-order valence-electron chi connectivity index (χ2n) is 5.72. The summed E-state index contributed by atoms with van der Waals surface area (Å²) < 4.78 is 0. The lowest BCUT2D eigenvalue weighted by Gasteiger charge is -2.28. The molecule has 0 unspecified atom stereocenters. The molecule has 4 heteroatoms. The molecule has 0 aliphatic heterocycles. The maximum absolute atomic E-state index is 5.53. The Morgan fingerprint density at radius 2 is 1.95 bits per heavy atom. The number of aliphatic imine (C=N–C) groups is 1. The topological polar surface area (TPSA) is 62.4 Å². The van der Waals surface area contributed by atoms with E-state index in [0.717, 1.165) is 32.2 Å². The van der Waals surface area contributed by atoms with E-state index >= 15 is 0 Å². The Balaban J connectivity index is 2.48. The van der Waals surface area contributed by atoms with Gasteiger partial charge in [0.2, 0.25) is 5.96 Å². The van der Waals surface area contributed by atoms with Crippen LogP contribution in [0.2, 0.25) is 0 Å². The highest BCUT2D eigenvalue weighted by atomic mass is 15.3. The van der Waals surface area contributed by atoms with E-state index in [1.807, 2.05) is 6.07 Å². The van der Waals surface area contributed by atoms with Crippen LogP contribution in [0.1, 0.15) is 45.6 Å². The number of nitrogens with one attached hydrogen (secondary N) is 2. The van der Waals surface area contributed by atoms with Gasteiger partial charge in [0.1, 0.15) is 0 Å². The van der Waals surface area contributed by atoms with Crippen molar-refractivity contribution in [2.75, 3.05) is 6.54 Å². The molecule has 0 aromatic heterocycles. The second-order valence-corrected chi connectivity index (χ2v) is 5.72. The zero-order valence-electron chi connectivity index (χ0n) is 12.9. The Morgan fingerprint density at radius 1 is 1.25 bits per heavy atom. The minimum atomic E-state index is -0.0484. The summed E-state index contributed by atoms with van der Waals surface area (Å²) in [6.07, 6.45) is 4.27. The van der Waals surface area contributed by atoms with Gasteiger partial charge in [-0.3, -0.25) is 10.4 Å². The Morgan fingerprint density at radius 3 is 2.55 bits per heavy atom. The maximum Gasteiger partial charge on any atom is 0.206 e. The van der Waals surface area contributed by atoms with Gasteiger partial charge >= 0.3 is 0 Å². The van der Waals surface area contributed by atoms with E-state index in [1.54, 1.807) is 0 Å². The Hall–Kier alpha value is -1.55. The van der Waals surface area contributed by atoms with Gasteiger partial charge in [0, 0.05) is 12.1 Å². The molecule has 0 spiro atoms. The number of benzene rings is 1. The van der Waals surface area contributed by atoms with E-state index in [4.69, 9.17) is 5.84 Å². The molecule has 0 fully saturated rings. The predicted molar refractivity (Wildman–Crippen MR) is 86.5 cm³/mol. The van der Waals surface area contributed by atoms with Gasteiger partial charge in [0.25, 0.3) is 0 Å². The fourth-order valence-electron chi connectivity index (χ4n) is 1.95. The third-order valence-electron chi connectivity index (χ3n) is 3.26. The Kier molecular flexibility index (Phi) is 7.09. The number of hydrogen-bond donors (Lipinski definition) is 3. The van der Waals surface area contributed by atoms with Crippen LogP contribution in [0.4, 0.5) is 0 Å². The van der Waals surface area contributed by atoms with Crippen LogP contribution < -0.4 is 16.6 Å². The number of hydrogen-bond acceptors (Lipinski definition) is 2. The molecular weight excluding hydrogens is 248 g/mol. The van der Waals surface area contributed by atoms with Gasteiger partial charge in [-0.05, 0) is 38.7 Å². The summed E-state index contributed by atoms with van der Waals surface area (Å²) in [5.41, 5.74) is 3.96. The standard InChI is InChI=1S/C16H28N4/c1-4-5-13-18-15(20-17)19-16(2,3)12-11-14-9-7-6-8-10-14/h6-10H,4-5,11-13,17H2,1-3H3,(H2,18,19,20). The smallest absolute Gasteiger partial charge is 0.206 e. The second kappa shape index (κ2) is 8.59. The fraction of sp³-hybridized carbons (Fsp3) is 0.562. The van der Waals surface area contributed by atoms with Gasteiger partial charge in [-0.1, -0.05) is 43.7 Å². The van der Waals surface area contributed by atoms with Gasteiger partial charge in [0.15, 0.2) is 0 Å². The minimum Gasteiger partial charge on any atom is -0.350 e. The molecule has 0 heterocycles. The summed E-state index contributed by atoms with van der Waals surface area (Å²) in [4.78, 5) is 4.44. The van der Waals surface area contributed by atoms with Crippen LogP contribution in [0.25, 0.3) is 0 Å². The Bertz CT molecular complexity index is 398. The quantitative estimate of drug-likeness (QED) is 0.236. The summed E-state index contributed by atoms with van der Waals surface area (Å²) in [5, 5.41) is 3.39. The number of rotatable bonds is 7. The van der Waals surface area contributed by atoms with E-state index in [9.17, 15) is 0 Å². The first-order valence-corrected chi connectivity index (χ1v) is 7.40. The van der Waals surface area contributed by atoms with Crippen molar-refractivity contribution >= 4 is 5.96 Å². The number of aryl methyl sites for hydroxylation is 1. The maximum atomic E-state index is 5.53. The first-order chi connectivity index (χ1) is 9.57. The van der Waals surface area contributed by atoms with Crippen LogP contribution in [-0.2, 0) is 6.42 Å². The van der Waals surface area contributed by atoms with Crippen molar-refractivity contribution in [1.82, 2.24) is 10.7 Å². The molecule has 1 rings (SSSR count). The molecule has 112 valence electrons. The van der Waals surface area contributed by atoms with Gasteiger partial charge in [-0.2, -0.15) is 0 Å². The third-order valence-corrected chi connectivity index (χ3v) is 3.26. The molecule has 1 aromatic carbocycles. The molecule has 0 bridgehead atoms. The monoisotopic (exact) mass is 276 g/mol. The van der Waals surface area contributed by atoms with Crippen LogP contribution >= 0.6 is 0 Å². The van der Waals surface area contributed by atoms with Gasteiger partial charge in [0.05, 0.1) is 0 Å². The lowest BCUT2D eigenvalue weighted by atomic mass is 9.95. The van der Waals surface area contributed by atoms with E-state index < -0.39 is 0 Å². The number of nitrogens with two attached hydrogens (primary N) is 1. The van der Waals surface area contributed by atoms with Gasteiger partial charge < -0.3 is 5.32 Å². The van der Waals surface area contributed by atoms with Crippen LogP contribution in [0.5, 0.6) is 0 Å². The third kappa shape index (κ3) is 6.57. The van der Waals surface area contributed by atoms with Crippen molar-refractivity contribution in [3.8, 4) is 0 Å².